The first kappa shape index (κ1) is 17.0. The van der Waals surface area contributed by atoms with Gasteiger partial charge >= 0.3 is 5.69 Å². The number of hydrogen-bond donors (Lipinski definition) is 2. The number of nitrogens with one attached hydrogen (secondary N) is 2. The summed E-state index contributed by atoms with van der Waals surface area (Å²) in [6.45, 7) is 6.29. The molecule has 0 aliphatic rings. The fourth-order valence-electron chi connectivity index (χ4n) is 2.82. The van der Waals surface area contributed by atoms with Crippen molar-refractivity contribution in [2.75, 3.05) is 0 Å². The van der Waals surface area contributed by atoms with Crippen LogP contribution < -0.4 is 11.0 Å². The molecule has 1 amide bonds. The molecule has 0 saturated carbocycles. The SMILES string of the molecule is Cc1c(CNC(=O)c2cc(CC(C)C)[nH]c(=O)n2)oc2ccccc12. The van der Waals surface area contributed by atoms with Gasteiger partial charge in [-0.2, -0.15) is 4.98 Å². The van der Waals surface area contributed by atoms with Gasteiger partial charge in [0.1, 0.15) is 17.0 Å². The predicted molar refractivity (Wildman–Crippen MR) is 95.5 cm³/mol. The van der Waals surface area contributed by atoms with Crippen LogP contribution in [0, 0.1) is 12.8 Å². The zero-order valence-corrected chi connectivity index (χ0v) is 14.6. The number of hydrogen-bond acceptors (Lipinski definition) is 4. The molecule has 2 aromatic heterocycles. The van der Waals surface area contributed by atoms with Crippen LogP contribution in [-0.4, -0.2) is 15.9 Å². The minimum atomic E-state index is -0.511. The topological polar surface area (TPSA) is 88.0 Å². The summed E-state index contributed by atoms with van der Waals surface area (Å²) in [5, 5.41) is 3.80. The van der Waals surface area contributed by atoms with E-state index < -0.39 is 11.6 Å². The number of carbonyl (C=O) groups is 1. The van der Waals surface area contributed by atoms with Crippen molar-refractivity contribution in [1.29, 1.82) is 0 Å². The molecule has 0 radical (unpaired) electrons. The van der Waals surface area contributed by atoms with Crippen LogP contribution in [0.3, 0.4) is 0 Å². The van der Waals surface area contributed by atoms with Gasteiger partial charge in [-0.1, -0.05) is 32.0 Å². The molecule has 3 aromatic rings. The number of furan rings is 1. The number of amides is 1. The first-order chi connectivity index (χ1) is 11.9. The highest BCUT2D eigenvalue weighted by Gasteiger charge is 2.14. The van der Waals surface area contributed by atoms with E-state index >= 15 is 0 Å². The van der Waals surface area contributed by atoms with Crippen LogP contribution in [0.5, 0.6) is 0 Å². The van der Waals surface area contributed by atoms with Crippen LogP contribution in [0.4, 0.5) is 0 Å². The summed E-state index contributed by atoms with van der Waals surface area (Å²) in [4.78, 5) is 30.5. The standard InChI is InChI=1S/C19H21N3O3/c1-11(2)8-13-9-15(22-19(24)21-13)18(23)20-10-17-12(3)14-6-4-5-7-16(14)25-17/h4-7,9,11H,8,10H2,1-3H3,(H,20,23)(H,21,22,24). The number of aromatic amines is 1. The smallest absolute Gasteiger partial charge is 0.345 e. The Balaban J connectivity index is 1.77. The first-order valence-corrected chi connectivity index (χ1v) is 8.29. The van der Waals surface area contributed by atoms with Crippen LogP contribution in [0.2, 0.25) is 0 Å². The van der Waals surface area contributed by atoms with Crippen LogP contribution in [-0.2, 0) is 13.0 Å². The predicted octanol–water partition coefficient (Wildman–Crippen LogP) is 2.95. The molecule has 0 fully saturated rings. The monoisotopic (exact) mass is 339 g/mol. The summed E-state index contributed by atoms with van der Waals surface area (Å²) in [6.07, 6.45) is 0.681. The molecule has 0 bridgehead atoms. The fourth-order valence-corrected chi connectivity index (χ4v) is 2.82. The summed E-state index contributed by atoms with van der Waals surface area (Å²) in [5.41, 5.74) is 2.10. The highest BCUT2D eigenvalue weighted by Crippen LogP contribution is 2.24. The third-order valence-electron chi connectivity index (χ3n) is 4.01. The van der Waals surface area contributed by atoms with Crippen molar-refractivity contribution in [1.82, 2.24) is 15.3 Å². The molecular formula is C19H21N3O3. The molecule has 1 aromatic carbocycles. The number of para-hydroxylation sites is 1. The number of carbonyl (C=O) groups excluding carboxylic acids is 1. The van der Waals surface area contributed by atoms with E-state index in [0.717, 1.165) is 16.5 Å². The van der Waals surface area contributed by atoms with Crippen LogP contribution in [0.15, 0.2) is 39.5 Å². The molecule has 6 nitrogen and oxygen atoms in total. The molecule has 0 saturated heterocycles. The lowest BCUT2D eigenvalue weighted by Gasteiger charge is -2.07. The maximum absolute atomic E-state index is 12.4. The van der Waals surface area contributed by atoms with Crippen molar-refractivity contribution in [3.63, 3.8) is 0 Å². The third-order valence-corrected chi connectivity index (χ3v) is 4.01. The number of rotatable bonds is 5. The van der Waals surface area contributed by atoms with E-state index in [1.807, 2.05) is 45.0 Å². The minimum absolute atomic E-state index is 0.119. The molecule has 0 aliphatic heterocycles. The van der Waals surface area contributed by atoms with Crippen molar-refractivity contribution in [2.24, 2.45) is 5.92 Å². The van der Waals surface area contributed by atoms with Gasteiger partial charge in [-0.05, 0) is 31.4 Å². The van der Waals surface area contributed by atoms with Crippen LogP contribution in [0.25, 0.3) is 11.0 Å². The molecule has 6 heteroatoms. The van der Waals surface area contributed by atoms with Crippen molar-refractivity contribution in [3.05, 3.63) is 63.5 Å². The Bertz CT molecular complexity index is 969. The van der Waals surface area contributed by atoms with Gasteiger partial charge in [-0.15, -0.1) is 0 Å². The molecule has 0 unspecified atom stereocenters. The fraction of sp³-hybridized carbons (Fsp3) is 0.316. The Morgan fingerprint density at radius 1 is 1.32 bits per heavy atom. The van der Waals surface area contributed by atoms with E-state index in [2.05, 4.69) is 15.3 Å². The van der Waals surface area contributed by atoms with E-state index in [9.17, 15) is 9.59 Å². The Kier molecular flexibility index (Phi) is 4.70. The normalized spacial score (nSPS) is 11.2. The number of aryl methyl sites for hydroxylation is 1. The van der Waals surface area contributed by atoms with E-state index in [1.54, 1.807) is 6.07 Å². The molecule has 2 N–H and O–H groups in total. The van der Waals surface area contributed by atoms with Gasteiger partial charge in [0.25, 0.3) is 5.91 Å². The average Bonchev–Trinajstić information content (AvgIpc) is 2.88. The highest BCUT2D eigenvalue weighted by molar-refractivity contribution is 5.92. The van der Waals surface area contributed by atoms with Crippen molar-refractivity contribution >= 4 is 16.9 Å². The van der Waals surface area contributed by atoms with E-state index in [0.29, 0.717) is 23.8 Å². The molecule has 0 aliphatic carbocycles. The van der Waals surface area contributed by atoms with Crippen LogP contribution in [0.1, 0.15) is 41.4 Å². The van der Waals surface area contributed by atoms with Gasteiger partial charge in [0.05, 0.1) is 6.54 Å². The minimum Gasteiger partial charge on any atom is -0.459 e. The Labute approximate surface area is 145 Å². The van der Waals surface area contributed by atoms with Gasteiger partial charge in [0.15, 0.2) is 0 Å². The molecule has 0 spiro atoms. The van der Waals surface area contributed by atoms with Crippen LogP contribution >= 0.6 is 0 Å². The molecule has 25 heavy (non-hydrogen) atoms. The summed E-state index contributed by atoms with van der Waals surface area (Å²) < 4.78 is 5.78. The van der Waals surface area contributed by atoms with Gasteiger partial charge < -0.3 is 14.7 Å². The summed E-state index contributed by atoms with van der Waals surface area (Å²) in [5.74, 6) is 0.671. The zero-order valence-electron chi connectivity index (χ0n) is 14.6. The van der Waals surface area contributed by atoms with Gasteiger partial charge in [-0.25, -0.2) is 4.79 Å². The highest BCUT2D eigenvalue weighted by atomic mass is 16.3. The maximum atomic E-state index is 12.4. The quantitative estimate of drug-likeness (QED) is 0.748. The van der Waals surface area contributed by atoms with Crippen molar-refractivity contribution in [2.45, 2.75) is 33.7 Å². The second-order valence-corrected chi connectivity index (χ2v) is 6.52. The first-order valence-electron chi connectivity index (χ1n) is 8.29. The number of benzene rings is 1. The molecule has 130 valence electrons. The lowest BCUT2D eigenvalue weighted by atomic mass is 10.1. The van der Waals surface area contributed by atoms with Gasteiger partial charge in [-0.3, -0.25) is 4.79 Å². The average molecular weight is 339 g/mol. The number of aromatic nitrogens is 2. The van der Waals surface area contributed by atoms with E-state index in [1.165, 1.54) is 0 Å². The number of H-pyrrole nitrogens is 1. The van der Waals surface area contributed by atoms with E-state index in [-0.39, 0.29) is 12.2 Å². The second-order valence-electron chi connectivity index (χ2n) is 6.52. The summed E-state index contributed by atoms with van der Waals surface area (Å²) in [6, 6.07) is 9.36. The lowest BCUT2D eigenvalue weighted by Crippen LogP contribution is -2.27. The van der Waals surface area contributed by atoms with Crippen molar-refractivity contribution < 1.29 is 9.21 Å². The molecule has 0 atom stereocenters. The number of nitrogens with zero attached hydrogens (tertiary/aromatic N) is 1. The Morgan fingerprint density at radius 2 is 2.08 bits per heavy atom. The van der Waals surface area contributed by atoms with Crippen molar-refractivity contribution in [3.8, 4) is 0 Å². The molecule has 3 rings (SSSR count). The van der Waals surface area contributed by atoms with Gasteiger partial charge in [0.2, 0.25) is 0 Å². The Morgan fingerprint density at radius 3 is 2.80 bits per heavy atom. The maximum Gasteiger partial charge on any atom is 0.345 e. The zero-order chi connectivity index (χ0) is 18.0. The van der Waals surface area contributed by atoms with E-state index in [4.69, 9.17) is 4.42 Å². The largest absolute Gasteiger partial charge is 0.459 e. The second kappa shape index (κ2) is 6.93. The lowest BCUT2D eigenvalue weighted by molar-refractivity contribution is 0.0942. The molecular weight excluding hydrogens is 318 g/mol. The summed E-state index contributed by atoms with van der Waals surface area (Å²) in [7, 11) is 0. The summed E-state index contributed by atoms with van der Waals surface area (Å²) >= 11 is 0. The number of fused-ring (bicyclic) bond motifs is 1. The third kappa shape index (κ3) is 3.79. The Hall–Kier alpha value is -2.89. The van der Waals surface area contributed by atoms with Gasteiger partial charge in [0, 0.05) is 16.6 Å². The molecule has 2 heterocycles.